The maximum atomic E-state index is 12.7. The molecule has 0 radical (unpaired) electrons. The van der Waals surface area contributed by atoms with Gasteiger partial charge in [0, 0.05) is 17.5 Å². The van der Waals surface area contributed by atoms with E-state index in [4.69, 9.17) is 5.73 Å². The van der Waals surface area contributed by atoms with Crippen LogP contribution in [0.1, 0.15) is 5.56 Å². The number of nitrogen functional groups attached to an aromatic ring is 1. The van der Waals surface area contributed by atoms with Crippen molar-refractivity contribution >= 4 is 22.3 Å². The van der Waals surface area contributed by atoms with Crippen molar-refractivity contribution in [2.75, 3.05) is 5.73 Å². The number of nitro groups is 1. The molecule has 0 fully saturated rings. The van der Waals surface area contributed by atoms with Crippen molar-refractivity contribution in [3.8, 4) is 11.8 Å². The van der Waals surface area contributed by atoms with E-state index in [9.17, 15) is 20.2 Å². The van der Waals surface area contributed by atoms with E-state index in [2.05, 4.69) is 0 Å². The van der Waals surface area contributed by atoms with Crippen LogP contribution in [0.2, 0.25) is 0 Å². The number of nitro benzene ring substituents is 1. The van der Waals surface area contributed by atoms with Gasteiger partial charge in [0.15, 0.2) is 0 Å². The Morgan fingerprint density at radius 1 is 1.13 bits per heavy atom. The number of hydrogen-bond acceptors (Lipinski definition) is 5. The first-order valence-corrected chi connectivity index (χ1v) is 6.62. The van der Waals surface area contributed by atoms with E-state index in [-0.39, 0.29) is 22.5 Å². The highest BCUT2D eigenvalue weighted by Gasteiger charge is 2.18. The molecule has 1 heterocycles. The number of para-hydroxylation sites is 1. The average molecular weight is 306 g/mol. The Balaban J connectivity index is 2.49. The van der Waals surface area contributed by atoms with Crippen molar-refractivity contribution < 1.29 is 4.92 Å². The normalized spacial score (nSPS) is 10.4. The summed E-state index contributed by atoms with van der Waals surface area (Å²) in [5.41, 5.74) is 5.87. The van der Waals surface area contributed by atoms with Gasteiger partial charge in [0.1, 0.15) is 17.5 Å². The quantitative estimate of drug-likeness (QED) is 0.576. The molecule has 2 aromatic carbocycles. The van der Waals surface area contributed by atoms with Crippen molar-refractivity contribution in [1.29, 1.82) is 5.26 Å². The van der Waals surface area contributed by atoms with E-state index >= 15 is 0 Å². The second-order valence-corrected chi connectivity index (χ2v) is 4.84. The molecule has 0 aliphatic carbocycles. The lowest BCUT2D eigenvalue weighted by Gasteiger charge is -2.13. The molecule has 0 aliphatic heterocycles. The van der Waals surface area contributed by atoms with Crippen LogP contribution < -0.4 is 11.3 Å². The molecule has 3 aromatic rings. The van der Waals surface area contributed by atoms with Gasteiger partial charge in [-0.2, -0.15) is 5.26 Å². The van der Waals surface area contributed by atoms with Crippen molar-refractivity contribution in [1.82, 2.24) is 4.57 Å². The number of fused-ring (bicyclic) bond motifs is 1. The van der Waals surface area contributed by atoms with Crippen LogP contribution in [0.25, 0.3) is 16.5 Å². The van der Waals surface area contributed by atoms with E-state index in [0.29, 0.717) is 11.1 Å². The Hall–Kier alpha value is -3.66. The lowest BCUT2D eigenvalue weighted by Crippen LogP contribution is -2.23. The van der Waals surface area contributed by atoms with Crippen LogP contribution >= 0.6 is 0 Å². The summed E-state index contributed by atoms with van der Waals surface area (Å²) in [6.07, 6.45) is 0. The SMILES string of the molecule is N#Cc1c(N)n(-c2ccccc2)c(=O)c2cc([N+](=O)[O-])ccc12. The molecule has 7 nitrogen and oxygen atoms in total. The Morgan fingerprint density at radius 3 is 2.43 bits per heavy atom. The van der Waals surface area contributed by atoms with Crippen molar-refractivity contribution in [3.63, 3.8) is 0 Å². The molecule has 23 heavy (non-hydrogen) atoms. The van der Waals surface area contributed by atoms with Crippen molar-refractivity contribution in [2.24, 2.45) is 0 Å². The summed E-state index contributed by atoms with van der Waals surface area (Å²) < 4.78 is 1.19. The zero-order valence-electron chi connectivity index (χ0n) is 11.8. The molecule has 7 heteroatoms. The first-order chi connectivity index (χ1) is 11.0. The van der Waals surface area contributed by atoms with Gasteiger partial charge in [0.25, 0.3) is 11.2 Å². The van der Waals surface area contributed by atoms with Gasteiger partial charge >= 0.3 is 0 Å². The summed E-state index contributed by atoms with van der Waals surface area (Å²) in [7, 11) is 0. The minimum Gasteiger partial charge on any atom is -0.384 e. The molecule has 0 saturated carbocycles. The Bertz CT molecular complexity index is 1030. The molecule has 0 spiro atoms. The van der Waals surface area contributed by atoms with Crippen LogP contribution in [-0.2, 0) is 0 Å². The van der Waals surface area contributed by atoms with Crippen LogP contribution in [0.15, 0.2) is 53.3 Å². The third-order valence-corrected chi connectivity index (χ3v) is 3.54. The molecular formula is C16H10N4O3. The van der Waals surface area contributed by atoms with Gasteiger partial charge in [0.2, 0.25) is 0 Å². The lowest BCUT2D eigenvalue weighted by molar-refractivity contribution is -0.384. The van der Waals surface area contributed by atoms with Gasteiger partial charge in [-0.15, -0.1) is 0 Å². The number of nitrogens with two attached hydrogens (primary N) is 1. The lowest BCUT2D eigenvalue weighted by atomic mass is 10.1. The smallest absolute Gasteiger partial charge is 0.270 e. The molecule has 2 N–H and O–H groups in total. The Morgan fingerprint density at radius 2 is 1.83 bits per heavy atom. The van der Waals surface area contributed by atoms with Gasteiger partial charge < -0.3 is 5.73 Å². The van der Waals surface area contributed by atoms with Crippen LogP contribution in [-0.4, -0.2) is 9.49 Å². The largest absolute Gasteiger partial charge is 0.384 e. The van der Waals surface area contributed by atoms with E-state index < -0.39 is 10.5 Å². The van der Waals surface area contributed by atoms with Crippen LogP contribution in [0.4, 0.5) is 11.5 Å². The predicted octanol–water partition coefficient (Wildman–Crippen LogP) is 2.35. The number of anilines is 1. The second-order valence-electron chi connectivity index (χ2n) is 4.84. The highest BCUT2D eigenvalue weighted by atomic mass is 16.6. The maximum Gasteiger partial charge on any atom is 0.270 e. The molecule has 1 aromatic heterocycles. The Kier molecular flexibility index (Phi) is 3.27. The third kappa shape index (κ3) is 2.18. The number of nitrogens with zero attached hydrogens (tertiary/aromatic N) is 3. The summed E-state index contributed by atoms with van der Waals surface area (Å²) in [6, 6.07) is 14.3. The second kappa shape index (κ2) is 5.27. The highest BCUT2D eigenvalue weighted by molar-refractivity contribution is 5.92. The van der Waals surface area contributed by atoms with Crippen molar-refractivity contribution in [3.05, 3.63) is 74.6 Å². The van der Waals surface area contributed by atoms with Crippen LogP contribution in [0.3, 0.4) is 0 Å². The molecule has 0 atom stereocenters. The number of rotatable bonds is 2. The zero-order chi connectivity index (χ0) is 16.6. The predicted molar refractivity (Wildman–Crippen MR) is 85.3 cm³/mol. The number of benzene rings is 2. The van der Waals surface area contributed by atoms with E-state index in [1.54, 1.807) is 30.3 Å². The van der Waals surface area contributed by atoms with E-state index in [0.717, 1.165) is 6.07 Å². The molecule has 0 aliphatic rings. The standard InChI is InChI=1S/C16H10N4O3/c17-9-14-12-7-6-11(20(22)23)8-13(12)16(21)19(15(14)18)10-4-2-1-3-5-10/h1-8H,18H2. The minimum atomic E-state index is -0.589. The third-order valence-electron chi connectivity index (χ3n) is 3.54. The number of non-ortho nitro benzene ring substituents is 1. The van der Waals surface area contributed by atoms with Gasteiger partial charge in [-0.1, -0.05) is 18.2 Å². The minimum absolute atomic E-state index is 0.00468. The molecule has 0 bridgehead atoms. The summed E-state index contributed by atoms with van der Waals surface area (Å²) >= 11 is 0. The van der Waals surface area contributed by atoms with Gasteiger partial charge in [-0.05, 0) is 18.2 Å². The topological polar surface area (TPSA) is 115 Å². The van der Waals surface area contributed by atoms with Gasteiger partial charge in [-0.3, -0.25) is 19.5 Å². The van der Waals surface area contributed by atoms with Crippen molar-refractivity contribution in [2.45, 2.75) is 0 Å². The average Bonchev–Trinajstić information content (AvgIpc) is 2.56. The zero-order valence-corrected chi connectivity index (χ0v) is 11.8. The van der Waals surface area contributed by atoms with Gasteiger partial charge in [-0.25, -0.2) is 0 Å². The maximum absolute atomic E-state index is 12.7. The van der Waals surface area contributed by atoms with Gasteiger partial charge in [0.05, 0.1) is 16.0 Å². The summed E-state index contributed by atoms with van der Waals surface area (Å²) in [5, 5.41) is 20.7. The fourth-order valence-corrected chi connectivity index (χ4v) is 2.47. The monoisotopic (exact) mass is 306 g/mol. The number of hydrogen-bond donors (Lipinski definition) is 1. The molecule has 112 valence electrons. The number of pyridine rings is 1. The van der Waals surface area contributed by atoms with E-state index in [1.165, 1.54) is 16.7 Å². The molecule has 3 rings (SSSR count). The van der Waals surface area contributed by atoms with Crippen LogP contribution in [0, 0.1) is 21.4 Å². The first-order valence-electron chi connectivity index (χ1n) is 6.62. The summed E-state index contributed by atoms with van der Waals surface area (Å²) in [4.78, 5) is 23.1. The molecule has 0 unspecified atom stereocenters. The number of nitriles is 1. The molecule has 0 saturated heterocycles. The molecular weight excluding hydrogens is 296 g/mol. The summed E-state index contributed by atoms with van der Waals surface area (Å²) in [5.74, 6) is 0.00468. The fourth-order valence-electron chi connectivity index (χ4n) is 2.47. The fraction of sp³-hybridized carbons (Fsp3) is 0. The molecule has 0 amide bonds. The highest BCUT2D eigenvalue weighted by Crippen LogP contribution is 2.26. The number of aromatic nitrogens is 1. The van der Waals surface area contributed by atoms with Crippen LogP contribution in [0.5, 0.6) is 0 Å². The first kappa shape index (κ1) is 14.3. The van der Waals surface area contributed by atoms with E-state index in [1.807, 2.05) is 6.07 Å². The summed E-state index contributed by atoms with van der Waals surface area (Å²) in [6.45, 7) is 0. The Labute approximate surface area is 130 Å².